The van der Waals surface area contributed by atoms with E-state index in [2.05, 4.69) is 0 Å². The van der Waals surface area contributed by atoms with Crippen LogP contribution in [0.2, 0.25) is 0 Å². The van der Waals surface area contributed by atoms with Crippen molar-refractivity contribution >= 4 is 0 Å². The highest BCUT2D eigenvalue weighted by molar-refractivity contribution is 5.02. The summed E-state index contributed by atoms with van der Waals surface area (Å²) < 4.78 is 16.9. The SMILES string of the molecule is CCOC(CC(OC)C1C[C@@H]2C3CCC(C3)[C@@H]2C1)OC. The molecule has 0 aromatic heterocycles. The van der Waals surface area contributed by atoms with E-state index in [1.54, 1.807) is 7.11 Å². The maximum atomic E-state index is 5.81. The molecule has 3 rings (SSSR count). The molecular weight excluding hydrogens is 252 g/mol. The van der Waals surface area contributed by atoms with Gasteiger partial charge in [0.15, 0.2) is 6.29 Å². The van der Waals surface area contributed by atoms with E-state index >= 15 is 0 Å². The van der Waals surface area contributed by atoms with Gasteiger partial charge in [-0.15, -0.1) is 0 Å². The van der Waals surface area contributed by atoms with Gasteiger partial charge in [0.25, 0.3) is 0 Å². The second-order valence-electron chi connectivity index (χ2n) is 7.02. The summed E-state index contributed by atoms with van der Waals surface area (Å²) in [6.45, 7) is 2.72. The molecule has 3 aliphatic rings. The standard InChI is InChI=1S/C17H30O3/c1-4-20-17(19-3)10-16(18-2)13-8-14-11-5-6-12(7-11)15(14)9-13/h11-17H,4-10H2,1-3H3/t11?,12?,13?,14-,15+,16?,17?. The van der Waals surface area contributed by atoms with Crippen molar-refractivity contribution in [3.63, 3.8) is 0 Å². The van der Waals surface area contributed by atoms with E-state index in [0.29, 0.717) is 12.7 Å². The largest absolute Gasteiger partial charge is 0.381 e. The minimum atomic E-state index is -0.109. The summed E-state index contributed by atoms with van der Waals surface area (Å²) in [6.07, 6.45) is 8.35. The van der Waals surface area contributed by atoms with E-state index < -0.39 is 0 Å². The Morgan fingerprint density at radius 3 is 2.10 bits per heavy atom. The minimum absolute atomic E-state index is 0.109. The summed E-state index contributed by atoms with van der Waals surface area (Å²) >= 11 is 0. The molecule has 3 saturated carbocycles. The first-order valence-corrected chi connectivity index (χ1v) is 8.44. The molecular formula is C17H30O3. The first kappa shape index (κ1) is 14.8. The van der Waals surface area contributed by atoms with Gasteiger partial charge in [-0.2, -0.15) is 0 Å². The molecule has 0 saturated heterocycles. The van der Waals surface area contributed by atoms with Gasteiger partial charge in [-0.1, -0.05) is 0 Å². The molecule has 0 N–H and O–H groups in total. The number of hydrogen-bond donors (Lipinski definition) is 0. The average molecular weight is 282 g/mol. The maximum Gasteiger partial charge on any atom is 0.159 e. The Hall–Kier alpha value is -0.120. The molecule has 5 unspecified atom stereocenters. The van der Waals surface area contributed by atoms with E-state index in [1.807, 2.05) is 14.0 Å². The lowest BCUT2D eigenvalue weighted by atomic mass is 9.82. The van der Waals surface area contributed by atoms with E-state index in [0.717, 1.165) is 36.0 Å². The fourth-order valence-electron chi connectivity index (χ4n) is 5.45. The van der Waals surface area contributed by atoms with Gasteiger partial charge in [0.05, 0.1) is 6.10 Å². The molecule has 20 heavy (non-hydrogen) atoms. The van der Waals surface area contributed by atoms with E-state index in [4.69, 9.17) is 14.2 Å². The third-order valence-corrected chi connectivity index (χ3v) is 6.29. The molecule has 0 aromatic carbocycles. The highest BCUT2D eigenvalue weighted by Crippen LogP contribution is 2.60. The smallest absolute Gasteiger partial charge is 0.159 e. The Morgan fingerprint density at radius 1 is 0.950 bits per heavy atom. The van der Waals surface area contributed by atoms with Crippen molar-refractivity contribution in [2.45, 2.75) is 57.8 Å². The molecule has 7 atom stereocenters. The van der Waals surface area contributed by atoms with Crippen LogP contribution in [0, 0.1) is 29.6 Å². The molecule has 0 radical (unpaired) electrons. The van der Waals surface area contributed by atoms with Crippen LogP contribution in [-0.2, 0) is 14.2 Å². The molecule has 3 heteroatoms. The van der Waals surface area contributed by atoms with Crippen LogP contribution in [0.3, 0.4) is 0 Å². The Balaban J connectivity index is 1.57. The zero-order valence-electron chi connectivity index (χ0n) is 13.2. The van der Waals surface area contributed by atoms with Crippen LogP contribution in [-0.4, -0.2) is 33.2 Å². The second-order valence-corrected chi connectivity index (χ2v) is 7.02. The highest BCUT2D eigenvalue weighted by Gasteiger charge is 2.53. The summed E-state index contributed by atoms with van der Waals surface area (Å²) in [4.78, 5) is 0. The van der Waals surface area contributed by atoms with Crippen molar-refractivity contribution in [2.75, 3.05) is 20.8 Å². The lowest BCUT2D eigenvalue weighted by Crippen LogP contribution is -2.29. The van der Waals surface area contributed by atoms with Crippen LogP contribution < -0.4 is 0 Å². The highest BCUT2D eigenvalue weighted by atomic mass is 16.7. The normalized spacial score (nSPS) is 41.9. The van der Waals surface area contributed by atoms with E-state index in [9.17, 15) is 0 Å². The van der Waals surface area contributed by atoms with Crippen LogP contribution in [0.5, 0.6) is 0 Å². The molecule has 116 valence electrons. The molecule has 2 bridgehead atoms. The zero-order chi connectivity index (χ0) is 14.1. The Labute approximate surface area is 123 Å². The Kier molecular flexibility index (Phi) is 4.68. The molecule has 0 heterocycles. The lowest BCUT2D eigenvalue weighted by Gasteiger charge is -2.27. The first-order chi connectivity index (χ1) is 9.76. The van der Waals surface area contributed by atoms with Gasteiger partial charge in [0.1, 0.15) is 0 Å². The van der Waals surface area contributed by atoms with Gasteiger partial charge >= 0.3 is 0 Å². The minimum Gasteiger partial charge on any atom is -0.381 e. The predicted molar refractivity (Wildman–Crippen MR) is 78.4 cm³/mol. The number of rotatable bonds is 7. The number of ether oxygens (including phenoxy) is 3. The van der Waals surface area contributed by atoms with Crippen molar-refractivity contribution in [3.8, 4) is 0 Å². The second kappa shape index (κ2) is 6.33. The number of hydrogen-bond acceptors (Lipinski definition) is 3. The molecule has 3 fully saturated rings. The third-order valence-electron chi connectivity index (χ3n) is 6.29. The van der Waals surface area contributed by atoms with Crippen LogP contribution >= 0.6 is 0 Å². The fraction of sp³-hybridized carbons (Fsp3) is 1.00. The summed E-state index contributed by atoms with van der Waals surface area (Å²) in [7, 11) is 3.59. The summed E-state index contributed by atoms with van der Waals surface area (Å²) in [5, 5.41) is 0. The number of fused-ring (bicyclic) bond motifs is 5. The van der Waals surface area contributed by atoms with Crippen molar-refractivity contribution in [1.29, 1.82) is 0 Å². The third kappa shape index (κ3) is 2.65. The first-order valence-electron chi connectivity index (χ1n) is 8.44. The van der Waals surface area contributed by atoms with Crippen LogP contribution in [0.1, 0.15) is 45.4 Å². The van der Waals surface area contributed by atoms with Crippen molar-refractivity contribution < 1.29 is 14.2 Å². The average Bonchev–Trinajstić information content (AvgIpc) is 3.14. The van der Waals surface area contributed by atoms with Gasteiger partial charge in [-0.05, 0) is 68.6 Å². The van der Waals surface area contributed by atoms with Gasteiger partial charge in [0.2, 0.25) is 0 Å². The molecule has 3 nitrogen and oxygen atoms in total. The van der Waals surface area contributed by atoms with Crippen molar-refractivity contribution in [3.05, 3.63) is 0 Å². The predicted octanol–water partition coefficient (Wildman–Crippen LogP) is 3.47. The van der Waals surface area contributed by atoms with Gasteiger partial charge in [0, 0.05) is 27.2 Å². The van der Waals surface area contributed by atoms with Gasteiger partial charge in [-0.3, -0.25) is 0 Å². The topological polar surface area (TPSA) is 27.7 Å². The molecule has 0 aliphatic heterocycles. The molecule has 0 amide bonds. The monoisotopic (exact) mass is 282 g/mol. The van der Waals surface area contributed by atoms with Crippen LogP contribution in [0.15, 0.2) is 0 Å². The lowest BCUT2D eigenvalue weighted by molar-refractivity contribution is -0.147. The van der Waals surface area contributed by atoms with Crippen molar-refractivity contribution in [2.24, 2.45) is 29.6 Å². The fourth-order valence-corrected chi connectivity index (χ4v) is 5.45. The zero-order valence-corrected chi connectivity index (χ0v) is 13.2. The summed E-state index contributed by atoms with van der Waals surface area (Å²) in [5.41, 5.74) is 0. The van der Waals surface area contributed by atoms with Crippen molar-refractivity contribution in [1.82, 2.24) is 0 Å². The number of methoxy groups -OCH3 is 2. The van der Waals surface area contributed by atoms with Gasteiger partial charge < -0.3 is 14.2 Å². The van der Waals surface area contributed by atoms with Crippen LogP contribution in [0.25, 0.3) is 0 Å². The molecule has 0 spiro atoms. The summed E-state index contributed by atoms with van der Waals surface area (Å²) in [5.74, 6) is 4.81. The van der Waals surface area contributed by atoms with Gasteiger partial charge in [-0.25, -0.2) is 0 Å². The summed E-state index contributed by atoms with van der Waals surface area (Å²) in [6, 6.07) is 0. The van der Waals surface area contributed by atoms with E-state index in [-0.39, 0.29) is 6.29 Å². The Morgan fingerprint density at radius 2 is 1.60 bits per heavy atom. The molecule has 0 aromatic rings. The van der Waals surface area contributed by atoms with E-state index in [1.165, 1.54) is 32.1 Å². The Bertz CT molecular complexity index is 301. The molecule has 3 aliphatic carbocycles. The van der Waals surface area contributed by atoms with Crippen LogP contribution in [0.4, 0.5) is 0 Å². The maximum absolute atomic E-state index is 5.81. The quantitative estimate of drug-likeness (QED) is 0.669.